The number of carboxylic acids is 4. The van der Waals surface area contributed by atoms with E-state index >= 15 is 0 Å². The van der Waals surface area contributed by atoms with E-state index in [1.165, 1.54) is 0 Å². The summed E-state index contributed by atoms with van der Waals surface area (Å²) in [4.78, 5) is 55.2. The predicted molar refractivity (Wildman–Crippen MR) is 148 cm³/mol. The molecule has 0 saturated heterocycles. The standard InChI is InChI=1S/C24H22N4O8S.CHNS/c29-21(30)11-27(12-22(31)32)9-19-7-17(2-1-16-3-5-18(6-4-16)25-15-37)8-20(26-19)10-28(13-23(33)34)14-24(35)36;2-1-3/h3-8H,9-14H2,(H,29,30)(H,31,32)(H,33,34)(H,35,36);2H. The number of benzene rings is 1. The van der Waals surface area contributed by atoms with Crippen molar-refractivity contribution in [2.24, 2.45) is 4.99 Å². The lowest BCUT2D eigenvalue weighted by Gasteiger charge is -2.20. The molecular weight excluding hydrogens is 562 g/mol. The molecule has 2 aromatic rings. The van der Waals surface area contributed by atoms with Gasteiger partial charge in [-0.2, -0.15) is 4.99 Å². The summed E-state index contributed by atoms with van der Waals surface area (Å²) in [7, 11) is 0. The van der Waals surface area contributed by atoms with E-state index in [4.69, 9.17) is 25.8 Å². The number of aromatic nitrogens is 1. The van der Waals surface area contributed by atoms with Gasteiger partial charge in [-0.3, -0.25) is 34.0 Å². The molecule has 0 bridgehead atoms. The van der Waals surface area contributed by atoms with E-state index in [0.717, 1.165) is 9.80 Å². The number of rotatable bonds is 13. The molecule has 1 aromatic heterocycles. The number of carbonyl (C=O) groups is 4. The maximum Gasteiger partial charge on any atom is 0.317 e. The number of thiocarbonyl (C=S) groups is 2. The van der Waals surface area contributed by atoms with Crippen molar-refractivity contribution in [2.75, 3.05) is 26.2 Å². The van der Waals surface area contributed by atoms with E-state index < -0.39 is 50.1 Å². The number of isothiocyanates is 2. The van der Waals surface area contributed by atoms with Gasteiger partial charge in [-0.15, -0.1) is 0 Å². The monoisotopic (exact) mass is 585 g/mol. The van der Waals surface area contributed by atoms with Crippen molar-refractivity contribution in [2.45, 2.75) is 13.1 Å². The Labute approximate surface area is 238 Å². The maximum absolute atomic E-state index is 11.2. The molecule has 0 aliphatic heterocycles. The van der Waals surface area contributed by atoms with Crippen LogP contribution in [0.15, 0.2) is 41.4 Å². The van der Waals surface area contributed by atoms with Gasteiger partial charge in [0.15, 0.2) is 0 Å². The highest BCUT2D eigenvalue weighted by atomic mass is 32.1. The Bertz CT molecular complexity index is 1290. The Morgan fingerprint density at radius 1 is 0.750 bits per heavy atom. The van der Waals surface area contributed by atoms with Gasteiger partial charge < -0.3 is 20.4 Å². The molecule has 0 aliphatic rings. The number of aliphatic imine (C=N–C) groups is 1. The van der Waals surface area contributed by atoms with Crippen LogP contribution in [0.2, 0.25) is 0 Å². The van der Waals surface area contributed by atoms with E-state index in [9.17, 15) is 19.2 Å². The Hall–Kier alpha value is -4.67. The molecule has 1 heterocycles. The van der Waals surface area contributed by atoms with Gasteiger partial charge in [0, 0.05) is 24.2 Å². The van der Waals surface area contributed by atoms with Gasteiger partial charge in [0.2, 0.25) is 0 Å². The topological polar surface area (TPSA) is 205 Å². The molecule has 0 fully saturated rings. The first-order valence-corrected chi connectivity index (χ1v) is 11.8. The Morgan fingerprint density at radius 2 is 1.12 bits per heavy atom. The minimum Gasteiger partial charge on any atom is -0.480 e. The molecule has 0 atom stereocenters. The third-order valence-electron chi connectivity index (χ3n) is 4.53. The lowest BCUT2D eigenvalue weighted by molar-refractivity contribution is -0.144. The van der Waals surface area contributed by atoms with Crippen LogP contribution in [-0.2, 0) is 32.3 Å². The van der Waals surface area contributed by atoms with Gasteiger partial charge in [-0.05, 0) is 60.8 Å². The number of pyridine rings is 1. The Balaban J connectivity index is 0.00000254. The third kappa shape index (κ3) is 14.3. The van der Waals surface area contributed by atoms with E-state index in [1.807, 2.05) is 0 Å². The van der Waals surface area contributed by atoms with Gasteiger partial charge >= 0.3 is 23.9 Å². The van der Waals surface area contributed by atoms with Gasteiger partial charge in [-0.1, -0.05) is 11.8 Å². The molecule has 0 radical (unpaired) electrons. The molecule has 0 amide bonds. The summed E-state index contributed by atoms with van der Waals surface area (Å²) >= 11 is 8.38. The van der Waals surface area contributed by atoms with Crippen molar-refractivity contribution in [3.8, 4) is 11.8 Å². The normalized spacial score (nSPS) is 9.75. The molecule has 208 valence electrons. The second-order valence-electron chi connectivity index (χ2n) is 7.81. The maximum atomic E-state index is 11.2. The van der Waals surface area contributed by atoms with Crippen LogP contribution >= 0.6 is 24.4 Å². The number of hydrogen-bond donors (Lipinski definition) is 5. The minimum atomic E-state index is -1.23. The quantitative estimate of drug-likeness (QED) is 0.129. The summed E-state index contributed by atoms with van der Waals surface area (Å²) in [5.74, 6) is 0.979. The van der Waals surface area contributed by atoms with Crippen molar-refractivity contribution in [3.05, 3.63) is 58.9 Å². The van der Waals surface area contributed by atoms with Gasteiger partial charge in [0.25, 0.3) is 0 Å². The van der Waals surface area contributed by atoms with Crippen LogP contribution in [0.5, 0.6) is 0 Å². The molecule has 0 aliphatic carbocycles. The first kappa shape index (κ1) is 33.4. The second kappa shape index (κ2) is 17.8. The number of carboxylic acid groups (broad SMARTS) is 4. The zero-order valence-electron chi connectivity index (χ0n) is 20.7. The summed E-state index contributed by atoms with van der Waals surface area (Å²) in [5.41, 5.74) is 2.22. The van der Waals surface area contributed by atoms with E-state index in [-0.39, 0.29) is 24.5 Å². The zero-order valence-corrected chi connectivity index (χ0v) is 22.4. The van der Waals surface area contributed by atoms with Gasteiger partial charge in [-0.25, -0.2) is 5.41 Å². The van der Waals surface area contributed by atoms with E-state index in [1.54, 1.807) is 41.6 Å². The highest BCUT2D eigenvalue weighted by Gasteiger charge is 2.18. The molecule has 0 saturated carbocycles. The molecule has 40 heavy (non-hydrogen) atoms. The minimum absolute atomic E-state index is 0.150. The number of nitrogens with zero attached hydrogens (tertiary/aromatic N) is 4. The first-order valence-electron chi connectivity index (χ1n) is 11.0. The summed E-state index contributed by atoms with van der Waals surface area (Å²) in [5, 5.41) is 46.1. The first-order chi connectivity index (χ1) is 18.9. The average molecular weight is 586 g/mol. The summed E-state index contributed by atoms with van der Waals surface area (Å²) in [6, 6.07) is 9.92. The SMILES string of the molecule is N=C=S.O=C(O)CN(CC(=O)O)Cc1cc(C#Cc2ccc(N=C=S)cc2)cc(CN(CC(=O)O)CC(=O)O)n1. The van der Waals surface area contributed by atoms with Crippen LogP contribution in [0.3, 0.4) is 0 Å². The molecule has 0 unspecified atom stereocenters. The van der Waals surface area contributed by atoms with Crippen molar-refractivity contribution in [3.63, 3.8) is 0 Å². The van der Waals surface area contributed by atoms with E-state index in [2.05, 4.69) is 51.4 Å². The zero-order chi connectivity index (χ0) is 30.1. The molecule has 5 N–H and O–H groups in total. The van der Waals surface area contributed by atoms with Crippen LogP contribution in [0.25, 0.3) is 0 Å². The molecule has 13 nitrogen and oxygen atoms in total. The highest BCUT2D eigenvalue weighted by Crippen LogP contribution is 2.13. The summed E-state index contributed by atoms with van der Waals surface area (Å²) in [6.07, 6.45) is 0. The molecule has 15 heteroatoms. The van der Waals surface area contributed by atoms with Crippen LogP contribution in [0, 0.1) is 17.3 Å². The fraction of sp³-hybridized carbons (Fsp3) is 0.240. The van der Waals surface area contributed by atoms with Crippen molar-refractivity contribution < 1.29 is 39.6 Å². The van der Waals surface area contributed by atoms with Crippen molar-refractivity contribution >= 4 is 64.3 Å². The lowest BCUT2D eigenvalue weighted by atomic mass is 10.1. The summed E-state index contributed by atoms with van der Waals surface area (Å²) in [6.45, 7) is -2.52. The smallest absolute Gasteiger partial charge is 0.317 e. The Kier molecular flexibility index (Phi) is 14.8. The van der Waals surface area contributed by atoms with Crippen LogP contribution in [0.4, 0.5) is 5.69 Å². The number of nitrogens with one attached hydrogen (secondary N) is 1. The lowest BCUT2D eigenvalue weighted by Crippen LogP contribution is -2.35. The van der Waals surface area contributed by atoms with Crippen LogP contribution in [0.1, 0.15) is 22.5 Å². The van der Waals surface area contributed by atoms with Crippen LogP contribution < -0.4 is 0 Å². The largest absolute Gasteiger partial charge is 0.480 e. The third-order valence-corrected chi connectivity index (χ3v) is 4.62. The van der Waals surface area contributed by atoms with E-state index in [0.29, 0.717) is 16.8 Å². The second-order valence-corrected chi connectivity index (χ2v) is 8.19. The highest BCUT2D eigenvalue weighted by molar-refractivity contribution is 7.78. The van der Waals surface area contributed by atoms with Crippen LogP contribution in [-0.4, -0.2) is 95.6 Å². The fourth-order valence-corrected chi connectivity index (χ4v) is 3.36. The summed E-state index contributed by atoms with van der Waals surface area (Å²) < 4.78 is 0. The van der Waals surface area contributed by atoms with Crippen molar-refractivity contribution in [1.29, 1.82) is 5.41 Å². The van der Waals surface area contributed by atoms with Gasteiger partial charge in [0.05, 0.1) is 53.6 Å². The molecule has 0 spiro atoms. The van der Waals surface area contributed by atoms with Gasteiger partial charge in [0.1, 0.15) is 0 Å². The molecule has 1 aromatic carbocycles. The number of hydrogen-bond acceptors (Lipinski definition) is 11. The number of aliphatic carboxylic acids is 4. The molecular formula is C25H23N5O8S2. The molecule has 2 rings (SSSR count). The fourth-order valence-electron chi connectivity index (χ4n) is 3.26. The predicted octanol–water partition coefficient (Wildman–Crippen LogP) is 1.83. The average Bonchev–Trinajstić information content (AvgIpc) is 2.82. The van der Waals surface area contributed by atoms with Crippen molar-refractivity contribution in [1.82, 2.24) is 14.8 Å². The Morgan fingerprint density at radius 3 is 1.48 bits per heavy atom.